The predicted octanol–water partition coefficient (Wildman–Crippen LogP) is 5.75. The van der Waals surface area contributed by atoms with Crippen molar-refractivity contribution >= 4 is 22.4 Å². The van der Waals surface area contributed by atoms with E-state index in [1.54, 1.807) is 18.2 Å². The molecule has 0 bridgehead atoms. The summed E-state index contributed by atoms with van der Waals surface area (Å²) in [6, 6.07) is 23.6. The number of hydrogen-bond acceptors (Lipinski definition) is 5. The average Bonchev–Trinajstić information content (AvgIpc) is 3.27. The molecule has 30 heavy (non-hydrogen) atoms. The third-order valence-corrected chi connectivity index (χ3v) is 5.42. The number of anilines is 1. The number of aromatic nitrogens is 1. The van der Waals surface area contributed by atoms with Crippen molar-refractivity contribution in [2.45, 2.75) is 0 Å². The van der Waals surface area contributed by atoms with Crippen molar-refractivity contribution in [3.8, 4) is 33.9 Å². The number of nitrogens with zero attached hydrogens (tertiary/aromatic N) is 1. The maximum atomic E-state index is 12.7. The largest absolute Gasteiger partial charge is 0.493 e. The summed E-state index contributed by atoms with van der Waals surface area (Å²) in [5.74, 6) is 0.598. The molecular weight excluding hydrogens is 396 g/mol. The minimum absolute atomic E-state index is 0.300. The van der Waals surface area contributed by atoms with Crippen molar-refractivity contribution in [2.75, 3.05) is 19.5 Å². The van der Waals surface area contributed by atoms with Crippen LogP contribution in [0.5, 0.6) is 11.5 Å². The SMILES string of the molecule is COc1cccc(C(=O)Nc2nc(-c3ccc(-c4ccccc4)cc3)cs2)c1OC. The topological polar surface area (TPSA) is 60.5 Å². The van der Waals surface area contributed by atoms with Crippen LogP contribution in [0.4, 0.5) is 5.13 Å². The number of methoxy groups -OCH3 is 2. The van der Waals surface area contributed by atoms with Crippen molar-refractivity contribution in [3.05, 3.63) is 83.7 Å². The first kappa shape index (κ1) is 19.7. The Balaban J connectivity index is 1.52. The van der Waals surface area contributed by atoms with Gasteiger partial charge in [0.1, 0.15) is 0 Å². The number of hydrogen-bond donors (Lipinski definition) is 1. The Bertz CT molecular complexity index is 1150. The number of ether oxygens (including phenoxy) is 2. The second-order valence-electron chi connectivity index (χ2n) is 6.48. The van der Waals surface area contributed by atoms with E-state index in [2.05, 4.69) is 34.6 Å². The molecule has 0 aliphatic carbocycles. The van der Waals surface area contributed by atoms with Crippen LogP contribution in [0.3, 0.4) is 0 Å². The Morgan fingerprint density at radius 3 is 2.23 bits per heavy atom. The molecule has 0 radical (unpaired) electrons. The van der Waals surface area contributed by atoms with E-state index in [4.69, 9.17) is 9.47 Å². The lowest BCUT2D eigenvalue weighted by molar-refractivity contribution is 0.102. The number of carbonyl (C=O) groups is 1. The van der Waals surface area contributed by atoms with E-state index in [-0.39, 0.29) is 5.91 Å². The van der Waals surface area contributed by atoms with Gasteiger partial charge in [-0.3, -0.25) is 10.1 Å². The second kappa shape index (κ2) is 8.80. The summed E-state index contributed by atoms with van der Waals surface area (Å²) in [7, 11) is 3.05. The maximum absolute atomic E-state index is 12.7. The molecule has 0 aliphatic rings. The smallest absolute Gasteiger partial charge is 0.261 e. The number of amides is 1. The highest BCUT2D eigenvalue weighted by atomic mass is 32.1. The first-order chi connectivity index (χ1) is 14.7. The lowest BCUT2D eigenvalue weighted by atomic mass is 10.0. The van der Waals surface area contributed by atoms with Gasteiger partial charge in [0.15, 0.2) is 16.6 Å². The molecule has 0 fully saturated rings. The van der Waals surface area contributed by atoms with Crippen molar-refractivity contribution in [1.29, 1.82) is 0 Å². The summed E-state index contributed by atoms with van der Waals surface area (Å²) in [4.78, 5) is 17.3. The zero-order chi connectivity index (χ0) is 20.9. The van der Waals surface area contributed by atoms with Gasteiger partial charge in [0.2, 0.25) is 0 Å². The van der Waals surface area contributed by atoms with E-state index in [0.29, 0.717) is 22.2 Å². The first-order valence-corrected chi connectivity index (χ1v) is 10.2. The van der Waals surface area contributed by atoms with Crippen LogP contribution in [-0.2, 0) is 0 Å². The monoisotopic (exact) mass is 416 g/mol. The lowest BCUT2D eigenvalue weighted by Gasteiger charge is -2.11. The van der Waals surface area contributed by atoms with Crippen LogP contribution < -0.4 is 14.8 Å². The maximum Gasteiger partial charge on any atom is 0.261 e. The van der Waals surface area contributed by atoms with Crippen molar-refractivity contribution in [1.82, 2.24) is 4.98 Å². The minimum atomic E-state index is -0.300. The van der Waals surface area contributed by atoms with Crippen LogP contribution in [0, 0.1) is 0 Å². The third-order valence-electron chi connectivity index (χ3n) is 4.66. The Kier molecular flexibility index (Phi) is 5.77. The van der Waals surface area contributed by atoms with E-state index in [9.17, 15) is 4.79 Å². The molecule has 0 aliphatic heterocycles. The first-order valence-electron chi connectivity index (χ1n) is 9.33. The molecule has 0 atom stereocenters. The Labute approximate surface area is 178 Å². The quantitative estimate of drug-likeness (QED) is 0.435. The van der Waals surface area contributed by atoms with Gasteiger partial charge in [-0.05, 0) is 23.3 Å². The fourth-order valence-corrected chi connectivity index (χ4v) is 3.87. The van der Waals surface area contributed by atoms with Crippen molar-refractivity contribution in [2.24, 2.45) is 0 Å². The van der Waals surface area contributed by atoms with E-state index in [0.717, 1.165) is 16.8 Å². The Morgan fingerprint density at radius 1 is 0.833 bits per heavy atom. The van der Waals surface area contributed by atoms with Gasteiger partial charge in [-0.25, -0.2) is 4.98 Å². The zero-order valence-corrected chi connectivity index (χ0v) is 17.4. The average molecular weight is 417 g/mol. The van der Waals surface area contributed by atoms with Crippen LogP contribution >= 0.6 is 11.3 Å². The summed E-state index contributed by atoms with van der Waals surface area (Å²) in [5.41, 5.74) is 4.51. The van der Waals surface area contributed by atoms with Gasteiger partial charge in [-0.2, -0.15) is 0 Å². The van der Waals surface area contributed by atoms with Crippen LogP contribution in [0.1, 0.15) is 10.4 Å². The number of benzene rings is 3. The molecule has 150 valence electrons. The third kappa shape index (κ3) is 4.04. The summed E-state index contributed by atoms with van der Waals surface area (Å²) < 4.78 is 10.6. The molecule has 5 nitrogen and oxygen atoms in total. The van der Waals surface area contributed by atoms with Gasteiger partial charge in [0, 0.05) is 10.9 Å². The highest BCUT2D eigenvalue weighted by Crippen LogP contribution is 2.32. The molecule has 4 rings (SSSR count). The van der Waals surface area contributed by atoms with E-state index < -0.39 is 0 Å². The van der Waals surface area contributed by atoms with E-state index in [1.165, 1.54) is 31.1 Å². The fraction of sp³-hybridized carbons (Fsp3) is 0.0833. The molecule has 1 amide bonds. The number of rotatable bonds is 6. The second-order valence-corrected chi connectivity index (χ2v) is 7.33. The Hall–Kier alpha value is -3.64. The lowest BCUT2D eigenvalue weighted by Crippen LogP contribution is -2.13. The summed E-state index contributed by atoms with van der Waals surface area (Å²) >= 11 is 1.38. The molecule has 1 aromatic heterocycles. The van der Waals surface area contributed by atoms with Crippen LogP contribution in [0.2, 0.25) is 0 Å². The van der Waals surface area contributed by atoms with Gasteiger partial charge in [-0.15, -0.1) is 11.3 Å². The molecule has 0 unspecified atom stereocenters. The number of thiazole rings is 1. The van der Waals surface area contributed by atoms with Gasteiger partial charge >= 0.3 is 0 Å². The minimum Gasteiger partial charge on any atom is -0.493 e. The number of para-hydroxylation sites is 1. The molecule has 6 heteroatoms. The highest BCUT2D eigenvalue weighted by molar-refractivity contribution is 7.14. The summed E-state index contributed by atoms with van der Waals surface area (Å²) in [5, 5.41) is 5.29. The molecule has 4 aromatic rings. The van der Waals surface area contributed by atoms with Gasteiger partial charge in [0.05, 0.1) is 25.5 Å². The molecule has 1 N–H and O–H groups in total. The molecular formula is C24H20N2O3S. The molecule has 3 aromatic carbocycles. The zero-order valence-electron chi connectivity index (χ0n) is 16.6. The predicted molar refractivity (Wildman–Crippen MR) is 120 cm³/mol. The van der Waals surface area contributed by atoms with Crippen LogP contribution in [-0.4, -0.2) is 25.1 Å². The normalized spacial score (nSPS) is 10.5. The summed E-state index contributed by atoms with van der Waals surface area (Å²) in [6.45, 7) is 0. The van der Waals surface area contributed by atoms with E-state index in [1.807, 2.05) is 35.7 Å². The standard InChI is InChI=1S/C24H20N2O3S/c1-28-21-10-6-9-19(22(21)29-2)23(27)26-24-25-20(15-30-24)18-13-11-17(12-14-18)16-7-4-3-5-8-16/h3-15H,1-2H3,(H,25,26,27). The molecule has 0 saturated heterocycles. The van der Waals surface area contributed by atoms with Gasteiger partial charge < -0.3 is 9.47 Å². The fourth-order valence-electron chi connectivity index (χ4n) is 3.16. The molecule has 0 spiro atoms. The van der Waals surface area contributed by atoms with Gasteiger partial charge in [-0.1, -0.05) is 60.7 Å². The van der Waals surface area contributed by atoms with Crippen LogP contribution in [0.25, 0.3) is 22.4 Å². The molecule has 0 saturated carbocycles. The highest BCUT2D eigenvalue weighted by Gasteiger charge is 2.17. The number of nitrogens with one attached hydrogen (secondary N) is 1. The van der Waals surface area contributed by atoms with Crippen molar-refractivity contribution in [3.63, 3.8) is 0 Å². The molecule has 1 heterocycles. The van der Waals surface area contributed by atoms with Crippen LogP contribution in [0.15, 0.2) is 78.2 Å². The Morgan fingerprint density at radius 2 is 1.53 bits per heavy atom. The van der Waals surface area contributed by atoms with Crippen molar-refractivity contribution < 1.29 is 14.3 Å². The van der Waals surface area contributed by atoms with E-state index >= 15 is 0 Å². The number of carbonyl (C=O) groups excluding carboxylic acids is 1. The van der Waals surface area contributed by atoms with Gasteiger partial charge in [0.25, 0.3) is 5.91 Å². The summed E-state index contributed by atoms with van der Waals surface area (Å²) in [6.07, 6.45) is 0.